The van der Waals surface area contributed by atoms with Crippen LogP contribution >= 0.6 is 0 Å². The Balaban J connectivity index is 2.02. The van der Waals surface area contributed by atoms with Gasteiger partial charge in [0.15, 0.2) is 0 Å². The average molecular weight is 503 g/mol. The van der Waals surface area contributed by atoms with Gasteiger partial charge in [0.1, 0.15) is 6.10 Å². The van der Waals surface area contributed by atoms with Crippen molar-refractivity contribution < 1.29 is 22.5 Å². The maximum Gasteiger partial charge on any atom is 0.306 e. The molecule has 1 fully saturated rings. The van der Waals surface area contributed by atoms with Gasteiger partial charge >= 0.3 is 5.97 Å². The fraction of sp³-hybridized carbons (Fsp3) is 0.963. The molecule has 0 bridgehead atoms. The van der Waals surface area contributed by atoms with Crippen LogP contribution in [0, 0.1) is 0 Å². The lowest BCUT2D eigenvalue weighted by Gasteiger charge is -2.26. The Hall–Kier alpha value is -0.660. The minimum atomic E-state index is -4.44. The highest BCUT2D eigenvalue weighted by Gasteiger charge is 2.20. The molecule has 6 nitrogen and oxygen atoms in total. The van der Waals surface area contributed by atoms with E-state index in [0.717, 1.165) is 44.9 Å². The van der Waals surface area contributed by atoms with Crippen molar-refractivity contribution in [1.29, 1.82) is 0 Å². The summed E-state index contributed by atoms with van der Waals surface area (Å²) in [5.41, 5.74) is 0. The van der Waals surface area contributed by atoms with E-state index in [0.29, 0.717) is 6.04 Å². The zero-order chi connectivity index (χ0) is 24.9. The lowest BCUT2D eigenvalue weighted by molar-refractivity contribution is -0.148. The monoisotopic (exact) mass is 502 g/mol. The highest BCUT2D eigenvalue weighted by Crippen LogP contribution is 2.18. The molecule has 0 aromatic carbocycles. The number of ether oxygens (including phenoxy) is 1. The first-order valence-corrected chi connectivity index (χ1v) is 15.8. The van der Waals surface area contributed by atoms with E-state index in [1.807, 2.05) is 0 Å². The summed E-state index contributed by atoms with van der Waals surface area (Å²) in [7, 11) is -4.44. The second kappa shape index (κ2) is 20.5. The number of nitrogens with one attached hydrogen (secondary N) is 1. The van der Waals surface area contributed by atoms with Crippen LogP contribution in [0.4, 0.5) is 0 Å². The number of hydrogen-bond acceptors (Lipinski definition) is 6. The second-order valence-corrected chi connectivity index (χ2v) is 11.7. The van der Waals surface area contributed by atoms with E-state index in [1.165, 1.54) is 83.5 Å². The summed E-state index contributed by atoms with van der Waals surface area (Å²) in [6.07, 6.45) is 24.0. The lowest BCUT2D eigenvalue weighted by atomic mass is 9.95. The highest BCUT2D eigenvalue weighted by atomic mass is 32.2. The van der Waals surface area contributed by atoms with Crippen molar-refractivity contribution in [3.63, 3.8) is 0 Å². The van der Waals surface area contributed by atoms with Gasteiger partial charge in [0.25, 0.3) is 0 Å². The zero-order valence-corrected chi connectivity index (χ0v) is 22.7. The molecule has 1 unspecified atom stereocenters. The number of rotatable bonds is 22. The Morgan fingerprint density at radius 2 is 1.29 bits per heavy atom. The van der Waals surface area contributed by atoms with Gasteiger partial charge in [-0.15, -0.1) is 0 Å². The molecule has 0 amide bonds. The summed E-state index contributed by atoms with van der Waals surface area (Å²) in [5.74, 6) is -1.05. The molecule has 0 aromatic heterocycles. The first kappa shape index (κ1) is 31.4. The van der Waals surface area contributed by atoms with Crippen LogP contribution in [-0.2, 0) is 19.6 Å². The number of esters is 1. The minimum Gasteiger partial charge on any atom is -0.748 e. The molecular weight excluding hydrogens is 450 g/mol. The fourth-order valence-electron chi connectivity index (χ4n) is 4.85. The Morgan fingerprint density at radius 1 is 0.824 bits per heavy atom. The second-order valence-electron chi connectivity index (χ2n) is 10.3. The van der Waals surface area contributed by atoms with Crippen molar-refractivity contribution in [3.05, 3.63) is 0 Å². The summed E-state index contributed by atoms with van der Waals surface area (Å²) in [5, 5.41) is 3.29. The standard InChI is InChI=1S/C27H53NO5S/c1-2-3-4-5-6-7-8-9-10-11-12-13-14-15-19-22-27(29)33-26(24-34(30,31)32)23-28-25-20-17-16-18-21-25/h25-26,28H,2-24H2,1H3,(H,30,31,32)/p-1. The van der Waals surface area contributed by atoms with Crippen LogP contribution in [0.15, 0.2) is 0 Å². The topological polar surface area (TPSA) is 95.5 Å². The molecule has 0 spiro atoms. The van der Waals surface area contributed by atoms with Crippen LogP contribution in [0.5, 0.6) is 0 Å². The van der Waals surface area contributed by atoms with Gasteiger partial charge in [-0.25, -0.2) is 8.42 Å². The number of unbranched alkanes of at least 4 members (excludes halogenated alkanes) is 14. The summed E-state index contributed by atoms with van der Waals surface area (Å²) in [6, 6.07) is 0.319. The van der Waals surface area contributed by atoms with E-state index < -0.39 is 27.9 Å². The van der Waals surface area contributed by atoms with Gasteiger partial charge in [-0.05, 0) is 19.3 Å². The van der Waals surface area contributed by atoms with Gasteiger partial charge in [-0.2, -0.15) is 0 Å². The van der Waals surface area contributed by atoms with Crippen LogP contribution in [0.1, 0.15) is 142 Å². The molecular formula is C27H52NO5S-. The summed E-state index contributed by atoms with van der Waals surface area (Å²) in [6.45, 7) is 2.49. The third-order valence-corrected chi connectivity index (χ3v) is 7.69. The molecule has 0 heterocycles. The predicted molar refractivity (Wildman–Crippen MR) is 139 cm³/mol. The molecule has 0 aromatic rings. The quantitative estimate of drug-likeness (QED) is 0.101. The Morgan fingerprint density at radius 3 is 1.76 bits per heavy atom. The molecule has 1 rings (SSSR count). The SMILES string of the molecule is CCCCCCCCCCCCCCCCCC(=O)OC(CNC1CCCCC1)CS(=O)(=O)[O-]. The van der Waals surface area contributed by atoms with Crippen molar-refractivity contribution in [2.75, 3.05) is 12.3 Å². The predicted octanol–water partition coefficient (Wildman–Crippen LogP) is 6.63. The number of carbonyl (C=O) groups excluding carboxylic acids is 1. The maximum atomic E-state index is 12.2. The van der Waals surface area contributed by atoms with Crippen LogP contribution in [0.2, 0.25) is 0 Å². The van der Waals surface area contributed by atoms with E-state index >= 15 is 0 Å². The Kier molecular flexibility index (Phi) is 18.9. The van der Waals surface area contributed by atoms with Gasteiger partial charge in [0.2, 0.25) is 0 Å². The third kappa shape index (κ3) is 19.6. The maximum absolute atomic E-state index is 12.2. The van der Waals surface area contributed by atoms with Crippen molar-refractivity contribution in [2.24, 2.45) is 0 Å². The van der Waals surface area contributed by atoms with E-state index in [1.54, 1.807) is 0 Å². The average Bonchev–Trinajstić information content (AvgIpc) is 2.79. The van der Waals surface area contributed by atoms with Crippen molar-refractivity contribution >= 4 is 16.1 Å². The summed E-state index contributed by atoms with van der Waals surface area (Å²) >= 11 is 0. The normalized spacial score (nSPS) is 15.9. The van der Waals surface area contributed by atoms with Crippen LogP contribution in [-0.4, -0.2) is 43.4 Å². The van der Waals surface area contributed by atoms with E-state index in [-0.39, 0.29) is 13.0 Å². The van der Waals surface area contributed by atoms with Gasteiger partial charge in [-0.3, -0.25) is 4.79 Å². The zero-order valence-electron chi connectivity index (χ0n) is 21.9. The molecule has 1 aliphatic rings. The third-order valence-electron chi connectivity index (χ3n) is 6.91. The van der Waals surface area contributed by atoms with Gasteiger partial charge in [-0.1, -0.05) is 116 Å². The van der Waals surface area contributed by atoms with Crippen molar-refractivity contribution in [2.45, 2.75) is 154 Å². The molecule has 1 atom stereocenters. The number of hydrogen-bond donors (Lipinski definition) is 1. The molecule has 202 valence electrons. The van der Waals surface area contributed by atoms with Crippen molar-refractivity contribution in [3.8, 4) is 0 Å². The van der Waals surface area contributed by atoms with Crippen LogP contribution < -0.4 is 5.32 Å². The van der Waals surface area contributed by atoms with Crippen LogP contribution in [0.3, 0.4) is 0 Å². The first-order valence-electron chi connectivity index (χ1n) is 14.3. The van der Waals surface area contributed by atoms with Crippen LogP contribution in [0.25, 0.3) is 0 Å². The molecule has 1 aliphatic carbocycles. The van der Waals surface area contributed by atoms with Gasteiger partial charge in [0.05, 0.1) is 15.9 Å². The summed E-state index contributed by atoms with van der Waals surface area (Å²) < 4.78 is 39.0. The van der Waals surface area contributed by atoms with Gasteiger partial charge < -0.3 is 14.6 Å². The van der Waals surface area contributed by atoms with E-state index in [2.05, 4.69) is 12.2 Å². The first-order chi connectivity index (χ1) is 16.4. The Bertz CT molecular complexity index is 590. The van der Waals surface area contributed by atoms with Crippen molar-refractivity contribution in [1.82, 2.24) is 5.32 Å². The molecule has 1 N–H and O–H groups in total. The minimum absolute atomic E-state index is 0.233. The fourth-order valence-corrected chi connectivity index (χ4v) is 5.49. The highest BCUT2D eigenvalue weighted by molar-refractivity contribution is 7.85. The smallest absolute Gasteiger partial charge is 0.306 e. The number of carbonyl (C=O) groups is 1. The summed E-state index contributed by atoms with van der Waals surface area (Å²) in [4.78, 5) is 12.2. The molecule has 1 saturated carbocycles. The van der Waals surface area contributed by atoms with E-state index in [9.17, 15) is 17.8 Å². The largest absolute Gasteiger partial charge is 0.748 e. The molecule has 0 radical (unpaired) electrons. The molecule has 7 heteroatoms. The van der Waals surface area contributed by atoms with E-state index in [4.69, 9.17) is 4.74 Å². The lowest BCUT2D eigenvalue weighted by Crippen LogP contribution is -2.41. The molecule has 0 aliphatic heterocycles. The Labute approximate surface area is 210 Å². The molecule has 34 heavy (non-hydrogen) atoms. The van der Waals surface area contributed by atoms with Gasteiger partial charge in [0, 0.05) is 19.0 Å². The molecule has 0 saturated heterocycles.